The number of ether oxygens (including phenoxy) is 1. The molecule has 2 aromatic carbocycles. The lowest BCUT2D eigenvalue weighted by Crippen LogP contribution is -2.38. The first-order valence-corrected chi connectivity index (χ1v) is 10.1. The van der Waals surface area contributed by atoms with Gasteiger partial charge in [0.15, 0.2) is 0 Å². The van der Waals surface area contributed by atoms with Crippen LogP contribution in [0, 0.1) is 6.92 Å². The summed E-state index contributed by atoms with van der Waals surface area (Å²) in [5.74, 6) is -0.776. The molecule has 0 fully saturated rings. The molecule has 0 heterocycles. The van der Waals surface area contributed by atoms with E-state index in [4.69, 9.17) is 0 Å². The summed E-state index contributed by atoms with van der Waals surface area (Å²) in [5, 5.41) is 2.71. The zero-order valence-electron chi connectivity index (χ0n) is 15.4. The Morgan fingerprint density at radius 1 is 1.00 bits per heavy atom. The average molecular weight is 390 g/mol. The molecule has 0 aliphatic heterocycles. The van der Waals surface area contributed by atoms with Crippen molar-refractivity contribution in [3.8, 4) is 0 Å². The summed E-state index contributed by atoms with van der Waals surface area (Å²) in [6.07, 6.45) is 1.09. The Bertz CT molecular complexity index is 906. The number of hydrogen-bond donors (Lipinski definition) is 1. The molecule has 0 aliphatic rings. The molecule has 0 saturated carbocycles. The highest BCUT2D eigenvalue weighted by molar-refractivity contribution is 7.92. The van der Waals surface area contributed by atoms with Gasteiger partial charge in [-0.3, -0.25) is 9.10 Å². The van der Waals surface area contributed by atoms with Crippen molar-refractivity contribution in [1.29, 1.82) is 0 Å². The van der Waals surface area contributed by atoms with Gasteiger partial charge in [-0.25, -0.2) is 13.2 Å². The fraction of sp³-hybridized carbons (Fsp3) is 0.263. The number of sulfonamides is 1. The number of anilines is 1. The van der Waals surface area contributed by atoms with Gasteiger partial charge in [0, 0.05) is 12.1 Å². The minimum atomic E-state index is -3.56. The van der Waals surface area contributed by atoms with Gasteiger partial charge in [-0.15, -0.1) is 0 Å². The van der Waals surface area contributed by atoms with E-state index in [2.05, 4.69) is 10.1 Å². The minimum absolute atomic E-state index is 0.0635. The highest BCUT2D eigenvalue weighted by atomic mass is 32.2. The molecule has 144 valence electrons. The van der Waals surface area contributed by atoms with Crippen LogP contribution >= 0.6 is 0 Å². The van der Waals surface area contributed by atoms with Gasteiger partial charge in [0.2, 0.25) is 10.0 Å². The molecule has 0 unspecified atom stereocenters. The van der Waals surface area contributed by atoms with Crippen LogP contribution in [0.3, 0.4) is 0 Å². The highest BCUT2D eigenvalue weighted by Gasteiger charge is 2.18. The van der Waals surface area contributed by atoms with E-state index >= 15 is 0 Å². The van der Waals surface area contributed by atoms with E-state index in [0.717, 1.165) is 11.8 Å². The van der Waals surface area contributed by atoms with Gasteiger partial charge in [0.05, 0.1) is 31.2 Å². The zero-order valence-corrected chi connectivity index (χ0v) is 16.2. The Morgan fingerprint density at radius 2 is 1.56 bits per heavy atom. The Kier molecular flexibility index (Phi) is 6.57. The number of aryl methyl sites for hydroxylation is 1. The van der Waals surface area contributed by atoms with Crippen molar-refractivity contribution >= 4 is 27.6 Å². The summed E-state index contributed by atoms with van der Waals surface area (Å²) >= 11 is 0. The fourth-order valence-corrected chi connectivity index (χ4v) is 3.37. The number of nitrogens with one attached hydrogen (secondary N) is 1. The first kappa shape index (κ1) is 20.4. The molecule has 2 aromatic rings. The number of esters is 1. The lowest BCUT2D eigenvalue weighted by molar-refractivity contribution is 0.0600. The number of carbonyl (C=O) groups excluding carboxylic acids is 2. The molecular formula is C19H22N2O5S. The molecule has 0 spiro atoms. The molecule has 0 saturated heterocycles. The van der Waals surface area contributed by atoms with E-state index in [0.29, 0.717) is 16.8 Å². The summed E-state index contributed by atoms with van der Waals surface area (Å²) in [6, 6.07) is 13.1. The fourth-order valence-electron chi connectivity index (χ4n) is 2.45. The molecule has 8 heteroatoms. The Hall–Kier alpha value is -2.87. The number of rotatable bonds is 7. The molecule has 7 nitrogen and oxygen atoms in total. The van der Waals surface area contributed by atoms with Crippen LogP contribution < -0.4 is 9.62 Å². The van der Waals surface area contributed by atoms with Gasteiger partial charge in [-0.1, -0.05) is 17.7 Å². The van der Waals surface area contributed by atoms with Gasteiger partial charge >= 0.3 is 5.97 Å². The lowest BCUT2D eigenvalue weighted by atomic mass is 10.1. The standard InChI is InChI=1S/C19H22N2O5S/c1-14-4-6-15(7-5-14)18(22)20-12-13-21(27(3,24)25)17-10-8-16(9-11-17)19(23)26-2/h4-11H,12-13H2,1-3H3,(H,20,22). The number of carbonyl (C=O) groups is 2. The molecule has 0 aromatic heterocycles. The number of benzene rings is 2. The maximum absolute atomic E-state index is 12.1. The maximum atomic E-state index is 12.1. The zero-order chi connectivity index (χ0) is 20.0. The van der Waals surface area contributed by atoms with Crippen LogP contribution in [0.2, 0.25) is 0 Å². The summed E-state index contributed by atoms with van der Waals surface area (Å²) < 4.78 is 30.0. The van der Waals surface area contributed by atoms with Gasteiger partial charge in [-0.2, -0.15) is 0 Å². The second-order valence-electron chi connectivity index (χ2n) is 6.00. The molecule has 1 amide bonds. The molecule has 0 bridgehead atoms. The van der Waals surface area contributed by atoms with Crippen molar-refractivity contribution in [3.05, 3.63) is 65.2 Å². The molecule has 0 radical (unpaired) electrons. The van der Waals surface area contributed by atoms with Crippen LogP contribution in [-0.2, 0) is 14.8 Å². The maximum Gasteiger partial charge on any atom is 0.337 e. The second kappa shape index (κ2) is 8.68. The summed E-state index contributed by atoms with van der Waals surface area (Å²) in [7, 11) is -2.29. The molecule has 2 rings (SSSR count). The van der Waals surface area contributed by atoms with E-state index in [-0.39, 0.29) is 19.0 Å². The van der Waals surface area contributed by atoms with Crippen molar-refractivity contribution in [1.82, 2.24) is 5.32 Å². The number of hydrogen-bond acceptors (Lipinski definition) is 5. The summed E-state index contributed by atoms with van der Waals surface area (Å²) in [6.45, 7) is 2.13. The van der Waals surface area contributed by atoms with Crippen LogP contribution in [-0.4, -0.2) is 46.7 Å². The summed E-state index contributed by atoms with van der Waals surface area (Å²) in [4.78, 5) is 23.6. The van der Waals surface area contributed by atoms with Gasteiger partial charge < -0.3 is 10.1 Å². The van der Waals surface area contributed by atoms with Gasteiger partial charge in [0.1, 0.15) is 0 Å². The van der Waals surface area contributed by atoms with E-state index in [9.17, 15) is 18.0 Å². The normalized spacial score (nSPS) is 10.9. The smallest absolute Gasteiger partial charge is 0.337 e. The minimum Gasteiger partial charge on any atom is -0.465 e. The predicted octanol–water partition coefficient (Wildman–Crippen LogP) is 1.98. The number of methoxy groups -OCH3 is 1. The first-order valence-electron chi connectivity index (χ1n) is 8.23. The monoisotopic (exact) mass is 390 g/mol. The summed E-state index contributed by atoms with van der Waals surface area (Å²) in [5.41, 5.74) is 2.27. The second-order valence-corrected chi connectivity index (χ2v) is 7.90. The van der Waals surface area contributed by atoms with Crippen LogP contribution in [0.15, 0.2) is 48.5 Å². The third-order valence-electron chi connectivity index (χ3n) is 3.89. The van der Waals surface area contributed by atoms with Crippen LogP contribution in [0.4, 0.5) is 5.69 Å². The molecular weight excluding hydrogens is 368 g/mol. The van der Waals surface area contributed by atoms with Crippen molar-refractivity contribution in [3.63, 3.8) is 0 Å². The van der Waals surface area contributed by atoms with E-state index in [1.54, 1.807) is 12.1 Å². The van der Waals surface area contributed by atoms with Crippen LogP contribution in [0.25, 0.3) is 0 Å². The van der Waals surface area contributed by atoms with Crippen LogP contribution in [0.1, 0.15) is 26.3 Å². The SMILES string of the molecule is COC(=O)c1ccc(N(CCNC(=O)c2ccc(C)cc2)S(C)(=O)=O)cc1. The highest BCUT2D eigenvalue weighted by Crippen LogP contribution is 2.18. The van der Waals surface area contributed by atoms with E-state index < -0.39 is 16.0 Å². The number of nitrogens with zero attached hydrogens (tertiary/aromatic N) is 1. The Balaban J connectivity index is 2.06. The van der Waals surface area contributed by atoms with Crippen molar-refractivity contribution in [2.45, 2.75) is 6.92 Å². The van der Waals surface area contributed by atoms with Crippen molar-refractivity contribution in [2.75, 3.05) is 30.8 Å². The topological polar surface area (TPSA) is 92.8 Å². The van der Waals surface area contributed by atoms with Crippen molar-refractivity contribution in [2.24, 2.45) is 0 Å². The molecule has 0 atom stereocenters. The van der Waals surface area contributed by atoms with Crippen molar-refractivity contribution < 1.29 is 22.7 Å². The lowest BCUT2D eigenvalue weighted by Gasteiger charge is -2.22. The number of amides is 1. The predicted molar refractivity (Wildman–Crippen MR) is 103 cm³/mol. The largest absolute Gasteiger partial charge is 0.465 e. The first-order chi connectivity index (χ1) is 12.7. The molecule has 27 heavy (non-hydrogen) atoms. The van der Waals surface area contributed by atoms with Gasteiger partial charge in [0.25, 0.3) is 5.91 Å². The van der Waals surface area contributed by atoms with E-state index in [1.807, 2.05) is 19.1 Å². The van der Waals surface area contributed by atoms with Gasteiger partial charge in [-0.05, 0) is 43.3 Å². The Morgan fingerprint density at radius 3 is 2.07 bits per heavy atom. The average Bonchev–Trinajstić information content (AvgIpc) is 2.64. The third kappa shape index (κ3) is 5.55. The van der Waals surface area contributed by atoms with Crippen LogP contribution in [0.5, 0.6) is 0 Å². The Labute approximate surface area is 159 Å². The molecule has 0 aliphatic carbocycles. The quantitative estimate of drug-likeness (QED) is 0.730. The van der Waals surface area contributed by atoms with E-state index in [1.165, 1.54) is 35.7 Å². The third-order valence-corrected chi connectivity index (χ3v) is 5.08. The molecule has 1 N–H and O–H groups in total.